The van der Waals surface area contributed by atoms with Crippen molar-refractivity contribution in [2.75, 3.05) is 0 Å². The third kappa shape index (κ3) is 2.90. The van der Waals surface area contributed by atoms with Gasteiger partial charge in [0.1, 0.15) is 0 Å². The number of hydrogen-bond acceptors (Lipinski definition) is 4. The minimum atomic E-state index is -0.445. The number of hydrogen-bond donors (Lipinski definition) is 2. The Morgan fingerprint density at radius 3 is 2.57 bits per heavy atom. The molecule has 0 aliphatic carbocycles. The number of carbonyl (C=O) groups excluding carboxylic acids is 1. The molecule has 0 spiro atoms. The molecule has 0 radical (unpaired) electrons. The van der Waals surface area contributed by atoms with Crippen LogP contribution in [0, 0.1) is 17.0 Å². The molecule has 0 aromatic heterocycles. The Labute approximate surface area is 123 Å². The molecule has 2 aliphatic rings. The number of rotatable bonds is 3. The average Bonchev–Trinajstić information content (AvgIpc) is 2.77. The summed E-state index contributed by atoms with van der Waals surface area (Å²) < 4.78 is 0. The van der Waals surface area contributed by atoms with Crippen molar-refractivity contribution in [3.05, 3.63) is 39.4 Å². The number of piperidine rings is 1. The summed E-state index contributed by atoms with van der Waals surface area (Å²) in [6.45, 7) is 1.73. The number of nitrogens with one attached hydrogen (secondary N) is 2. The first-order chi connectivity index (χ1) is 10.0. The molecule has 112 valence electrons. The minimum Gasteiger partial charge on any atom is -0.349 e. The van der Waals surface area contributed by atoms with Gasteiger partial charge in [0.15, 0.2) is 0 Å². The van der Waals surface area contributed by atoms with E-state index in [1.165, 1.54) is 25.0 Å². The number of carbonyl (C=O) groups is 1. The zero-order valence-electron chi connectivity index (χ0n) is 12.0. The van der Waals surface area contributed by atoms with E-state index in [2.05, 4.69) is 10.6 Å². The maximum atomic E-state index is 12.3. The standard InChI is InChI=1S/C15H19N3O3/c1-9-6-13(18(20)21)4-5-14(9)15(19)17-12-7-10-2-3-11(8-12)16-10/h4-6,10-12,16H,2-3,7-8H2,1H3,(H,17,19). The summed E-state index contributed by atoms with van der Waals surface area (Å²) >= 11 is 0. The molecule has 2 bridgehead atoms. The number of fused-ring (bicyclic) bond motifs is 2. The first kappa shape index (κ1) is 14.0. The molecule has 2 unspecified atom stereocenters. The van der Waals surface area contributed by atoms with Crippen LogP contribution in [0.5, 0.6) is 0 Å². The molecule has 1 aromatic rings. The van der Waals surface area contributed by atoms with Crippen molar-refractivity contribution in [2.45, 2.75) is 50.7 Å². The normalized spacial score (nSPS) is 27.4. The summed E-state index contributed by atoms with van der Waals surface area (Å²) in [5, 5.41) is 17.3. The molecule has 6 nitrogen and oxygen atoms in total. The van der Waals surface area contributed by atoms with E-state index in [4.69, 9.17) is 0 Å². The molecule has 2 saturated heterocycles. The monoisotopic (exact) mass is 289 g/mol. The summed E-state index contributed by atoms with van der Waals surface area (Å²) in [4.78, 5) is 22.6. The Morgan fingerprint density at radius 2 is 2.00 bits per heavy atom. The van der Waals surface area contributed by atoms with E-state index < -0.39 is 4.92 Å². The topological polar surface area (TPSA) is 84.3 Å². The van der Waals surface area contributed by atoms with Gasteiger partial charge in [-0.15, -0.1) is 0 Å². The molecule has 2 fully saturated rings. The molecule has 2 aliphatic heterocycles. The van der Waals surface area contributed by atoms with E-state index in [0.717, 1.165) is 12.8 Å². The van der Waals surface area contributed by atoms with Crippen LogP contribution in [-0.4, -0.2) is 29.0 Å². The number of nitro benzene ring substituents is 1. The van der Waals surface area contributed by atoms with Crippen molar-refractivity contribution in [2.24, 2.45) is 0 Å². The van der Waals surface area contributed by atoms with Crippen molar-refractivity contribution in [3.63, 3.8) is 0 Å². The summed E-state index contributed by atoms with van der Waals surface area (Å²) in [5.41, 5.74) is 1.18. The smallest absolute Gasteiger partial charge is 0.269 e. The Kier molecular flexibility index (Phi) is 3.63. The van der Waals surface area contributed by atoms with E-state index in [-0.39, 0.29) is 17.6 Å². The van der Waals surface area contributed by atoms with Crippen LogP contribution in [0.1, 0.15) is 41.6 Å². The molecule has 2 heterocycles. The highest BCUT2D eigenvalue weighted by atomic mass is 16.6. The van der Waals surface area contributed by atoms with Crippen molar-refractivity contribution in [3.8, 4) is 0 Å². The van der Waals surface area contributed by atoms with Crippen LogP contribution in [0.15, 0.2) is 18.2 Å². The number of benzene rings is 1. The zero-order valence-corrected chi connectivity index (χ0v) is 12.0. The number of aryl methyl sites for hydroxylation is 1. The third-order valence-electron chi connectivity index (χ3n) is 4.47. The van der Waals surface area contributed by atoms with Gasteiger partial charge in [-0.05, 0) is 44.2 Å². The molecule has 3 rings (SSSR count). The highest BCUT2D eigenvalue weighted by molar-refractivity contribution is 5.96. The summed E-state index contributed by atoms with van der Waals surface area (Å²) in [6, 6.07) is 5.61. The summed E-state index contributed by atoms with van der Waals surface area (Å²) in [6.07, 6.45) is 4.31. The van der Waals surface area contributed by atoms with Crippen LogP contribution >= 0.6 is 0 Å². The largest absolute Gasteiger partial charge is 0.349 e. The highest BCUT2D eigenvalue weighted by Crippen LogP contribution is 2.27. The van der Waals surface area contributed by atoms with E-state index in [1.54, 1.807) is 13.0 Å². The van der Waals surface area contributed by atoms with E-state index >= 15 is 0 Å². The first-order valence-corrected chi connectivity index (χ1v) is 7.35. The lowest BCUT2D eigenvalue weighted by Gasteiger charge is -2.29. The molecule has 21 heavy (non-hydrogen) atoms. The van der Waals surface area contributed by atoms with Crippen LogP contribution in [0.2, 0.25) is 0 Å². The lowest BCUT2D eigenvalue weighted by molar-refractivity contribution is -0.384. The Bertz CT molecular complexity index is 576. The Hall–Kier alpha value is -1.95. The Morgan fingerprint density at radius 1 is 1.33 bits per heavy atom. The van der Waals surface area contributed by atoms with Crippen LogP contribution in [0.3, 0.4) is 0 Å². The predicted molar refractivity (Wildman–Crippen MR) is 78.3 cm³/mol. The van der Waals surface area contributed by atoms with Gasteiger partial charge < -0.3 is 10.6 Å². The molecule has 0 saturated carbocycles. The SMILES string of the molecule is Cc1cc([N+](=O)[O-])ccc1C(=O)NC1CC2CCC(C1)N2. The maximum Gasteiger partial charge on any atom is 0.269 e. The highest BCUT2D eigenvalue weighted by Gasteiger charge is 2.34. The van der Waals surface area contributed by atoms with Gasteiger partial charge in [0.25, 0.3) is 11.6 Å². The van der Waals surface area contributed by atoms with Gasteiger partial charge in [0, 0.05) is 35.8 Å². The zero-order chi connectivity index (χ0) is 15.0. The van der Waals surface area contributed by atoms with Gasteiger partial charge in [-0.2, -0.15) is 0 Å². The van der Waals surface area contributed by atoms with Gasteiger partial charge in [0.05, 0.1) is 4.92 Å². The minimum absolute atomic E-state index is 0.0176. The van der Waals surface area contributed by atoms with Gasteiger partial charge in [-0.25, -0.2) is 0 Å². The van der Waals surface area contributed by atoms with E-state index in [0.29, 0.717) is 23.2 Å². The van der Waals surface area contributed by atoms with Gasteiger partial charge in [-0.1, -0.05) is 0 Å². The maximum absolute atomic E-state index is 12.3. The lowest BCUT2D eigenvalue weighted by atomic mass is 9.99. The number of amides is 1. The van der Waals surface area contributed by atoms with Crippen LogP contribution < -0.4 is 10.6 Å². The molecule has 1 aromatic carbocycles. The fraction of sp³-hybridized carbons (Fsp3) is 0.533. The molecular formula is C15H19N3O3. The number of nitrogens with zero attached hydrogens (tertiary/aromatic N) is 1. The molecule has 2 N–H and O–H groups in total. The van der Waals surface area contributed by atoms with Crippen molar-refractivity contribution < 1.29 is 9.72 Å². The number of nitro groups is 1. The second-order valence-electron chi connectivity index (χ2n) is 6.04. The quantitative estimate of drug-likeness (QED) is 0.657. The fourth-order valence-corrected chi connectivity index (χ4v) is 3.45. The van der Waals surface area contributed by atoms with E-state index in [1.807, 2.05) is 0 Å². The van der Waals surface area contributed by atoms with Gasteiger partial charge >= 0.3 is 0 Å². The van der Waals surface area contributed by atoms with Gasteiger partial charge in [0.2, 0.25) is 0 Å². The van der Waals surface area contributed by atoms with Crippen LogP contribution in [0.4, 0.5) is 5.69 Å². The second-order valence-corrected chi connectivity index (χ2v) is 6.04. The second kappa shape index (κ2) is 5.44. The Balaban J connectivity index is 1.69. The van der Waals surface area contributed by atoms with Crippen molar-refractivity contribution in [1.82, 2.24) is 10.6 Å². The summed E-state index contributed by atoms with van der Waals surface area (Å²) in [7, 11) is 0. The molecule has 2 atom stereocenters. The number of non-ortho nitro benzene ring substituents is 1. The van der Waals surface area contributed by atoms with Crippen LogP contribution in [0.25, 0.3) is 0 Å². The molecule has 6 heteroatoms. The molecular weight excluding hydrogens is 270 g/mol. The lowest BCUT2D eigenvalue weighted by Crippen LogP contribution is -2.48. The van der Waals surface area contributed by atoms with E-state index in [9.17, 15) is 14.9 Å². The molecule has 1 amide bonds. The first-order valence-electron chi connectivity index (χ1n) is 7.35. The summed E-state index contributed by atoms with van der Waals surface area (Å²) in [5.74, 6) is -0.131. The van der Waals surface area contributed by atoms with Crippen LogP contribution in [-0.2, 0) is 0 Å². The van der Waals surface area contributed by atoms with Crippen molar-refractivity contribution >= 4 is 11.6 Å². The third-order valence-corrected chi connectivity index (χ3v) is 4.47. The average molecular weight is 289 g/mol. The van der Waals surface area contributed by atoms with Gasteiger partial charge in [-0.3, -0.25) is 14.9 Å². The fourth-order valence-electron chi connectivity index (χ4n) is 3.45. The predicted octanol–water partition coefficient (Wildman–Crippen LogP) is 1.92. The van der Waals surface area contributed by atoms with Crippen molar-refractivity contribution in [1.29, 1.82) is 0 Å².